The Morgan fingerprint density at radius 1 is 1.25 bits per heavy atom. The molecule has 1 aliphatic heterocycles. The van der Waals surface area contributed by atoms with Crippen LogP contribution in [0.25, 0.3) is 0 Å². The number of likely N-dealkylation sites (N-methyl/N-ethyl adjacent to an activating group) is 1. The highest BCUT2D eigenvalue weighted by Gasteiger charge is 2.37. The quantitative estimate of drug-likeness (QED) is 0.487. The van der Waals surface area contributed by atoms with Crippen LogP contribution in [-0.2, 0) is 14.8 Å². The van der Waals surface area contributed by atoms with Crippen molar-refractivity contribution in [3.63, 3.8) is 0 Å². The molecule has 220 valence electrons. The van der Waals surface area contributed by atoms with E-state index < -0.39 is 22.2 Å². The van der Waals surface area contributed by atoms with Gasteiger partial charge in [-0.25, -0.2) is 8.42 Å². The van der Waals surface area contributed by atoms with E-state index in [0.29, 0.717) is 5.69 Å². The molecule has 0 bridgehead atoms. The molecular weight excluding hydrogens is 536 g/mol. The molecule has 1 aromatic heterocycles. The standard InChI is InChI=1S/C28H40N4O7S/c1-17-14-32(18(2)16-33)28(35)22-12-9-13-23(29-27(34)21-10-7-6-8-11-21)25(22)38-24(17)15-31(5)40(36,37)26-19(3)30-39-20(26)4/h9,12-13,17-18,21,24,33H,6-8,10-11,14-16H2,1-5H3,(H,29,34)/t17-,18+,24+/m0/s1. The average molecular weight is 577 g/mol. The van der Waals surface area contributed by atoms with Crippen molar-refractivity contribution >= 4 is 27.5 Å². The van der Waals surface area contributed by atoms with E-state index in [-0.39, 0.29) is 71.0 Å². The highest BCUT2D eigenvalue weighted by Crippen LogP contribution is 2.36. The van der Waals surface area contributed by atoms with E-state index in [2.05, 4.69) is 10.5 Å². The number of nitrogens with one attached hydrogen (secondary N) is 1. The number of hydrogen-bond acceptors (Lipinski definition) is 8. The smallest absolute Gasteiger partial charge is 0.258 e. The third-order valence-corrected chi connectivity index (χ3v) is 10.1. The highest BCUT2D eigenvalue weighted by molar-refractivity contribution is 7.89. The summed E-state index contributed by atoms with van der Waals surface area (Å²) in [6.45, 7) is 6.72. The summed E-state index contributed by atoms with van der Waals surface area (Å²) in [4.78, 5) is 28.4. The fraction of sp³-hybridized carbons (Fsp3) is 0.607. The Kier molecular flexibility index (Phi) is 9.21. The number of carbonyl (C=O) groups is 2. The zero-order valence-corrected chi connectivity index (χ0v) is 24.7. The molecule has 2 aliphatic rings. The van der Waals surface area contributed by atoms with Gasteiger partial charge in [-0.1, -0.05) is 37.4 Å². The maximum Gasteiger partial charge on any atom is 0.258 e. The molecular formula is C28H40N4O7S. The Balaban J connectivity index is 1.71. The monoisotopic (exact) mass is 576 g/mol. The number of fused-ring (bicyclic) bond motifs is 1. The number of aryl methyl sites for hydroxylation is 2. The van der Waals surface area contributed by atoms with Gasteiger partial charge in [-0.05, 0) is 45.7 Å². The number of aliphatic hydroxyl groups excluding tert-OH is 1. The number of aliphatic hydroxyl groups is 1. The number of amides is 2. The highest BCUT2D eigenvalue weighted by atomic mass is 32.2. The first kappa shape index (κ1) is 30.0. The number of ether oxygens (including phenoxy) is 1. The van der Waals surface area contributed by atoms with Crippen molar-refractivity contribution in [2.45, 2.75) is 76.8 Å². The van der Waals surface area contributed by atoms with Crippen LogP contribution in [0.15, 0.2) is 27.6 Å². The van der Waals surface area contributed by atoms with Crippen molar-refractivity contribution in [3.8, 4) is 5.75 Å². The Hall–Kier alpha value is -2.96. The van der Waals surface area contributed by atoms with Gasteiger partial charge < -0.3 is 24.6 Å². The van der Waals surface area contributed by atoms with Crippen molar-refractivity contribution in [2.24, 2.45) is 11.8 Å². The maximum atomic E-state index is 13.7. The minimum atomic E-state index is -3.96. The summed E-state index contributed by atoms with van der Waals surface area (Å²) in [5.74, 6) is -0.479. The van der Waals surface area contributed by atoms with E-state index in [1.54, 1.807) is 43.9 Å². The van der Waals surface area contributed by atoms with E-state index in [1.807, 2.05) is 6.92 Å². The predicted molar refractivity (Wildman–Crippen MR) is 149 cm³/mol. The lowest BCUT2D eigenvalue weighted by atomic mass is 9.88. The van der Waals surface area contributed by atoms with E-state index in [9.17, 15) is 23.1 Å². The van der Waals surface area contributed by atoms with Crippen LogP contribution in [0.1, 0.15) is 67.8 Å². The molecule has 1 fully saturated rings. The summed E-state index contributed by atoms with van der Waals surface area (Å²) in [5, 5.41) is 16.7. The number of anilines is 1. The van der Waals surface area contributed by atoms with Gasteiger partial charge in [-0.15, -0.1) is 0 Å². The molecule has 11 nitrogen and oxygen atoms in total. The second-order valence-corrected chi connectivity index (χ2v) is 13.0. The van der Waals surface area contributed by atoms with Gasteiger partial charge >= 0.3 is 0 Å². The molecule has 2 aromatic rings. The van der Waals surface area contributed by atoms with E-state index >= 15 is 0 Å². The van der Waals surface area contributed by atoms with Crippen molar-refractivity contribution in [1.29, 1.82) is 0 Å². The van der Waals surface area contributed by atoms with Crippen molar-refractivity contribution in [1.82, 2.24) is 14.4 Å². The maximum absolute atomic E-state index is 13.7. The molecule has 40 heavy (non-hydrogen) atoms. The molecule has 2 N–H and O–H groups in total. The van der Waals surface area contributed by atoms with Gasteiger partial charge in [-0.2, -0.15) is 4.31 Å². The predicted octanol–water partition coefficient (Wildman–Crippen LogP) is 3.35. The van der Waals surface area contributed by atoms with E-state index in [1.165, 1.54) is 11.4 Å². The molecule has 1 aliphatic carbocycles. The van der Waals surface area contributed by atoms with Gasteiger partial charge in [-0.3, -0.25) is 9.59 Å². The van der Waals surface area contributed by atoms with Crippen LogP contribution in [0, 0.1) is 25.7 Å². The average Bonchev–Trinajstić information content (AvgIpc) is 3.29. The molecule has 2 amide bonds. The number of para-hydroxylation sites is 1. The van der Waals surface area contributed by atoms with E-state index in [0.717, 1.165) is 32.1 Å². The van der Waals surface area contributed by atoms with Crippen LogP contribution in [-0.4, -0.2) is 78.6 Å². The van der Waals surface area contributed by atoms with Gasteiger partial charge in [0.05, 0.1) is 30.4 Å². The molecule has 4 rings (SSSR count). The molecule has 3 atom stereocenters. The molecule has 12 heteroatoms. The summed E-state index contributed by atoms with van der Waals surface area (Å²) in [6.07, 6.45) is 4.05. The summed E-state index contributed by atoms with van der Waals surface area (Å²) >= 11 is 0. The summed E-state index contributed by atoms with van der Waals surface area (Å²) in [5.41, 5.74) is 0.880. The number of carbonyl (C=O) groups excluding carboxylic acids is 2. The molecule has 0 radical (unpaired) electrons. The largest absolute Gasteiger partial charge is 0.486 e. The van der Waals surface area contributed by atoms with E-state index in [4.69, 9.17) is 9.26 Å². The first-order valence-corrected chi connectivity index (χ1v) is 15.3. The number of rotatable bonds is 8. The minimum absolute atomic E-state index is 0.0139. The Morgan fingerprint density at radius 3 is 2.58 bits per heavy atom. The van der Waals surface area contributed by atoms with Gasteiger partial charge in [0.1, 0.15) is 16.7 Å². The first-order chi connectivity index (χ1) is 18.9. The second-order valence-electron chi connectivity index (χ2n) is 11.1. The third-order valence-electron chi connectivity index (χ3n) is 8.00. The first-order valence-electron chi connectivity index (χ1n) is 13.9. The number of nitrogens with zero attached hydrogens (tertiary/aromatic N) is 3. The SMILES string of the molecule is Cc1noc(C)c1S(=O)(=O)N(C)C[C@H]1Oc2c(NC(=O)C3CCCCC3)cccc2C(=O)N([C@H](C)CO)C[C@@H]1C. The normalized spacial score (nSPS) is 21.4. The molecule has 0 saturated heterocycles. The lowest BCUT2D eigenvalue weighted by Crippen LogP contribution is -2.50. The Bertz CT molecular complexity index is 1320. The molecule has 1 saturated carbocycles. The van der Waals surface area contributed by atoms with Crippen LogP contribution >= 0.6 is 0 Å². The van der Waals surface area contributed by atoms with Gasteiger partial charge in [0, 0.05) is 25.4 Å². The van der Waals surface area contributed by atoms with Crippen molar-refractivity contribution < 1.29 is 32.4 Å². The minimum Gasteiger partial charge on any atom is -0.486 e. The zero-order valence-electron chi connectivity index (χ0n) is 23.8. The molecule has 0 spiro atoms. The second kappa shape index (κ2) is 12.3. The number of benzene rings is 1. The number of hydrogen-bond donors (Lipinski definition) is 2. The van der Waals surface area contributed by atoms with Crippen LogP contribution in [0.2, 0.25) is 0 Å². The fourth-order valence-corrected chi connectivity index (χ4v) is 6.98. The lowest BCUT2D eigenvalue weighted by molar-refractivity contribution is -0.120. The molecule has 2 heterocycles. The van der Waals surface area contributed by atoms with Crippen LogP contribution in [0.5, 0.6) is 5.75 Å². The van der Waals surface area contributed by atoms with Gasteiger partial charge in [0.2, 0.25) is 15.9 Å². The van der Waals surface area contributed by atoms with Crippen molar-refractivity contribution in [2.75, 3.05) is 32.1 Å². The third kappa shape index (κ3) is 6.03. The van der Waals surface area contributed by atoms with Crippen LogP contribution in [0.4, 0.5) is 5.69 Å². The van der Waals surface area contributed by atoms with Crippen LogP contribution < -0.4 is 10.1 Å². The topological polar surface area (TPSA) is 142 Å². The summed E-state index contributed by atoms with van der Waals surface area (Å²) < 4.78 is 39.8. The molecule has 0 unspecified atom stereocenters. The van der Waals surface area contributed by atoms with Gasteiger partial charge in [0.15, 0.2) is 11.5 Å². The Morgan fingerprint density at radius 2 is 1.95 bits per heavy atom. The van der Waals surface area contributed by atoms with Crippen molar-refractivity contribution in [3.05, 3.63) is 35.2 Å². The van der Waals surface area contributed by atoms with Crippen LogP contribution in [0.3, 0.4) is 0 Å². The lowest BCUT2D eigenvalue weighted by Gasteiger charge is -2.38. The summed E-state index contributed by atoms with van der Waals surface area (Å²) in [7, 11) is -2.50. The van der Waals surface area contributed by atoms with Gasteiger partial charge in [0.25, 0.3) is 5.91 Å². The molecule has 1 aromatic carbocycles. The zero-order chi connectivity index (χ0) is 29.2. The Labute approximate surface area is 235 Å². The fourth-order valence-electron chi connectivity index (χ4n) is 5.51. The number of aromatic nitrogens is 1. The summed E-state index contributed by atoms with van der Waals surface area (Å²) in [6, 6.07) is 4.53. The number of sulfonamides is 1.